The maximum Gasteiger partial charge on any atom is 0.231 e. The zero-order chi connectivity index (χ0) is 19.5. The Balaban J connectivity index is 1.76. The molecule has 1 aliphatic rings. The fourth-order valence-corrected chi connectivity index (χ4v) is 3.55. The maximum absolute atomic E-state index is 12.0. The summed E-state index contributed by atoms with van der Waals surface area (Å²) in [5.41, 5.74) is 8.37. The van der Waals surface area contributed by atoms with Crippen LogP contribution in [0.1, 0.15) is 24.2 Å². The number of carbonyl (C=O) groups excluding carboxylic acids is 1. The second-order valence-corrected chi connectivity index (χ2v) is 7.13. The highest BCUT2D eigenvalue weighted by Crippen LogP contribution is 2.48. The first-order valence-corrected chi connectivity index (χ1v) is 9.03. The van der Waals surface area contributed by atoms with Gasteiger partial charge in [-0.3, -0.25) is 9.78 Å². The van der Waals surface area contributed by atoms with Crippen LogP contribution in [0.3, 0.4) is 0 Å². The third-order valence-corrected chi connectivity index (χ3v) is 5.34. The summed E-state index contributed by atoms with van der Waals surface area (Å²) in [4.78, 5) is 29.9. The number of nitrogens with zero attached hydrogens (tertiary/aromatic N) is 4. The fraction of sp³-hybridized carbons (Fsp3) is 0.250. The fourth-order valence-electron chi connectivity index (χ4n) is 3.55. The molecule has 5 rings (SSSR count). The molecule has 0 atom stereocenters. The van der Waals surface area contributed by atoms with Crippen LogP contribution < -0.4 is 11.1 Å². The lowest BCUT2D eigenvalue weighted by Crippen LogP contribution is -2.29. The van der Waals surface area contributed by atoms with Crippen molar-refractivity contribution in [1.82, 2.24) is 19.9 Å². The number of aryl methyl sites for hydroxylation is 1. The van der Waals surface area contributed by atoms with Gasteiger partial charge in [0.2, 0.25) is 11.8 Å². The molecule has 140 valence electrons. The Labute approximate surface area is 160 Å². The second kappa shape index (κ2) is 5.72. The van der Waals surface area contributed by atoms with Crippen molar-refractivity contribution in [2.45, 2.75) is 25.2 Å². The third-order valence-electron chi connectivity index (χ3n) is 5.34. The van der Waals surface area contributed by atoms with Crippen molar-refractivity contribution in [3.63, 3.8) is 0 Å². The number of carbonyl (C=O) groups is 1. The molecule has 0 bridgehead atoms. The molecule has 28 heavy (non-hydrogen) atoms. The topological polar surface area (TPSA) is 120 Å². The van der Waals surface area contributed by atoms with E-state index in [1.807, 2.05) is 25.1 Å². The zero-order valence-corrected chi connectivity index (χ0v) is 15.5. The number of hydrogen-bond donors (Lipinski definition) is 2. The van der Waals surface area contributed by atoms with Gasteiger partial charge in [0.1, 0.15) is 5.82 Å². The van der Waals surface area contributed by atoms with E-state index in [1.54, 1.807) is 19.4 Å². The number of amides is 1. The van der Waals surface area contributed by atoms with Crippen molar-refractivity contribution in [3.05, 3.63) is 42.0 Å². The highest BCUT2D eigenvalue weighted by molar-refractivity contribution is 6.01. The summed E-state index contributed by atoms with van der Waals surface area (Å²) < 4.78 is 5.93. The summed E-state index contributed by atoms with van der Waals surface area (Å²) in [5, 5.41) is 4.74. The van der Waals surface area contributed by atoms with E-state index in [2.05, 4.69) is 25.3 Å². The molecule has 1 saturated carbocycles. The molecule has 3 N–H and O–H groups in total. The predicted octanol–water partition coefficient (Wildman–Crippen LogP) is 2.70. The first kappa shape index (κ1) is 16.6. The van der Waals surface area contributed by atoms with Gasteiger partial charge in [0.15, 0.2) is 11.2 Å². The van der Waals surface area contributed by atoms with Gasteiger partial charge in [-0.2, -0.15) is 4.98 Å². The molecule has 4 heterocycles. The summed E-state index contributed by atoms with van der Waals surface area (Å²) in [6.45, 7) is 1.91. The molecule has 0 spiro atoms. The molecular formula is C20H18N6O2. The van der Waals surface area contributed by atoms with E-state index in [9.17, 15) is 4.79 Å². The van der Waals surface area contributed by atoms with Gasteiger partial charge in [-0.05, 0) is 38.0 Å². The van der Waals surface area contributed by atoms with Crippen LogP contribution in [0, 0.1) is 6.92 Å². The number of primary amides is 1. The highest BCUT2D eigenvalue weighted by Gasteiger charge is 2.51. The van der Waals surface area contributed by atoms with Crippen molar-refractivity contribution in [2.24, 2.45) is 5.73 Å². The minimum absolute atomic E-state index is 0.342. The largest absolute Gasteiger partial charge is 0.434 e. The minimum atomic E-state index is -0.672. The molecule has 0 radical (unpaired) electrons. The van der Waals surface area contributed by atoms with Gasteiger partial charge in [-0.15, -0.1) is 0 Å². The lowest BCUT2D eigenvalue weighted by Gasteiger charge is -2.13. The summed E-state index contributed by atoms with van der Waals surface area (Å²) in [7, 11) is 1.80. The Bertz CT molecular complexity index is 1260. The number of nitrogens with one attached hydrogen (secondary N) is 1. The Morgan fingerprint density at radius 3 is 2.71 bits per heavy atom. The van der Waals surface area contributed by atoms with Crippen LogP contribution in [0.2, 0.25) is 0 Å². The molecule has 0 unspecified atom stereocenters. The molecule has 1 fully saturated rings. The van der Waals surface area contributed by atoms with E-state index in [0.717, 1.165) is 16.5 Å². The summed E-state index contributed by atoms with van der Waals surface area (Å²) in [6.07, 6.45) is 4.86. The number of fused-ring (bicyclic) bond motifs is 2. The van der Waals surface area contributed by atoms with Crippen LogP contribution in [0.25, 0.3) is 33.5 Å². The number of pyridine rings is 3. The summed E-state index contributed by atoms with van der Waals surface area (Å²) in [5.74, 6) is 0.770. The minimum Gasteiger partial charge on any atom is -0.434 e. The van der Waals surface area contributed by atoms with E-state index >= 15 is 0 Å². The molecule has 1 amide bonds. The monoisotopic (exact) mass is 374 g/mol. The van der Waals surface area contributed by atoms with Crippen LogP contribution in [-0.2, 0) is 10.2 Å². The van der Waals surface area contributed by atoms with Crippen LogP contribution in [0.15, 0.2) is 35.0 Å². The molecule has 8 nitrogen and oxygen atoms in total. The molecule has 0 aromatic carbocycles. The van der Waals surface area contributed by atoms with E-state index in [1.165, 1.54) is 0 Å². The predicted molar refractivity (Wildman–Crippen MR) is 105 cm³/mol. The van der Waals surface area contributed by atoms with Crippen LogP contribution in [0.4, 0.5) is 5.82 Å². The average Bonchev–Trinajstić information content (AvgIpc) is 3.41. The Hall–Kier alpha value is -3.55. The number of rotatable bonds is 4. The Morgan fingerprint density at radius 1 is 1.18 bits per heavy atom. The standard InChI is InChI=1S/C20H18N6O2/c1-10-3-4-14-17(25-10)26-18(28-14)13-9-24-16(22-2)12-8-23-15(7-11(12)13)20(5-6-20)19(21)27/h3-4,7-9H,5-6H2,1-2H3,(H2,21,27)(H,22,24). The first-order valence-electron chi connectivity index (χ1n) is 9.03. The van der Waals surface area contributed by atoms with Gasteiger partial charge in [-0.25, -0.2) is 9.97 Å². The van der Waals surface area contributed by atoms with Crippen LogP contribution >= 0.6 is 0 Å². The summed E-state index contributed by atoms with van der Waals surface area (Å²) >= 11 is 0. The van der Waals surface area contributed by atoms with Gasteiger partial charge in [0, 0.05) is 35.9 Å². The highest BCUT2D eigenvalue weighted by atomic mass is 16.3. The Kier molecular flexibility index (Phi) is 3.39. The lowest BCUT2D eigenvalue weighted by atomic mass is 9.98. The first-order chi connectivity index (χ1) is 13.5. The number of nitrogens with two attached hydrogens (primary N) is 1. The number of oxazole rings is 1. The van der Waals surface area contributed by atoms with E-state index in [-0.39, 0.29) is 5.91 Å². The van der Waals surface area contributed by atoms with Crippen molar-refractivity contribution in [1.29, 1.82) is 0 Å². The van der Waals surface area contributed by atoms with E-state index < -0.39 is 5.41 Å². The Morgan fingerprint density at radius 2 is 2.00 bits per heavy atom. The molecule has 4 aromatic heterocycles. The maximum atomic E-state index is 12.0. The number of aromatic nitrogens is 4. The number of anilines is 1. The van der Waals surface area contributed by atoms with Gasteiger partial charge in [0.05, 0.1) is 16.7 Å². The van der Waals surface area contributed by atoms with Crippen LogP contribution in [-0.4, -0.2) is 32.9 Å². The zero-order valence-electron chi connectivity index (χ0n) is 15.5. The van der Waals surface area contributed by atoms with Gasteiger partial charge < -0.3 is 15.5 Å². The molecule has 1 aliphatic carbocycles. The third kappa shape index (κ3) is 2.34. The van der Waals surface area contributed by atoms with Crippen molar-refractivity contribution in [3.8, 4) is 11.5 Å². The van der Waals surface area contributed by atoms with Gasteiger partial charge in [-0.1, -0.05) is 0 Å². The lowest BCUT2D eigenvalue weighted by molar-refractivity contribution is -0.120. The normalized spacial score (nSPS) is 15.1. The van der Waals surface area contributed by atoms with E-state index in [4.69, 9.17) is 10.2 Å². The van der Waals surface area contributed by atoms with Crippen molar-refractivity contribution in [2.75, 3.05) is 12.4 Å². The van der Waals surface area contributed by atoms with Crippen molar-refractivity contribution < 1.29 is 9.21 Å². The molecule has 0 saturated heterocycles. The quantitative estimate of drug-likeness (QED) is 0.563. The SMILES string of the molecule is CNc1ncc(-c2nc3nc(C)ccc3o2)c2cc(C3(C(N)=O)CC3)ncc12. The van der Waals surface area contributed by atoms with E-state index in [0.29, 0.717) is 47.0 Å². The second-order valence-electron chi connectivity index (χ2n) is 7.13. The summed E-state index contributed by atoms with van der Waals surface area (Å²) in [6, 6.07) is 5.63. The van der Waals surface area contributed by atoms with Crippen molar-refractivity contribution >= 4 is 33.7 Å². The number of hydrogen-bond acceptors (Lipinski definition) is 7. The average molecular weight is 374 g/mol. The van der Waals surface area contributed by atoms with Gasteiger partial charge >= 0.3 is 0 Å². The molecule has 4 aromatic rings. The van der Waals surface area contributed by atoms with Crippen LogP contribution in [0.5, 0.6) is 0 Å². The molecular weight excluding hydrogens is 356 g/mol. The molecule has 8 heteroatoms. The molecule has 0 aliphatic heterocycles. The van der Waals surface area contributed by atoms with Gasteiger partial charge in [0.25, 0.3) is 0 Å². The smallest absolute Gasteiger partial charge is 0.231 e.